The van der Waals surface area contributed by atoms with Crippen molar-refractivity contribution < 1.29 is 0 Å². The Kier molecular flexibility index (Phi) is 5.89. The van der Waals surface area contributed by atoms with E-state index >= 15 is 0 Å². The lowest BCUT2D eigenvalue weighted by Crippen LogP contribution is -2.18. The van der Waals surface area contributed by atoms with Gasteiger partial charge in [0, 0.05) is 19.3 Å². The molecule has 0 saturated heterocycles. The molecule has 0 radical (unpaired) electrons. The monoisotopic (exact) mass is 326 g/mol. The van der Waals surface area contributed by atoms with Crippen LogP contribution in [0.1, 0.15) is 45.4 Å². The number of anilines is 2. The van der Waals surface area contributed by atoms with E-state index in [4.69, 9.17) is 0 Å². The maximum absolute atomic E-state index is 4.51. The number of rotatable bonds is 6. The summed E-state index contributed by atoms with van der Waals surface area (Å²) in [7, 11) is 0. The van der Waals surface area contributed by atoms with E-state index in [9.17, 15) is 0 Å². The Morgan fingerprint density at radius 1 is 1.26 bits per heavy atom. The van der Waals surface area contributed by atoms with Gasteiger partial charge in [-0.1, -0.05) is 26.2 Å². The highest BCUT2D eigenvalue weighted by Crippen LogP contribution is 2.25. The van der Waals surface area contributed by atoms with Gasteiger partial charge in [-0.2, -0.15) is 4.98 Å². The molecule has 1 aromatic heterocycles. The summed E-state index contributed by atoms with van der Waals surface area (Å²) < 4.78 is 0.936. The first-order valence-electron chi connectivity index (χ1n) is 7.30. The minimum atomic E-state index is 0.705. The first-order valence-corrected chi connectivity index (χ1v) is 8.09. The third kappa shape index (κ3) is 4.64. The van der Waals surface area contributed by atoms with Gasteiger partial charge < -0.3 is 10.6 Å². The van der Waals surface area contributed by atoms with E-state index in [2.05, 4.69) is 43.5 Å². The molecular formula is C14H23BrN4. The summed E-state index contributed by atoms with van der Waals surface area (Å²) in [5, 5.41) is 6.68. The second-order valence-corrected chi connectivity index (χ2v) is 6.06. The molecule has 0 bridgehead atoms. The van der Waals surface area contributed by atoms with E-state index in [1.54, 1.807) is 0 Å². The van der Waals surface area contributed by atoms with Crippen molar-refractivity contribution in [3.8, 4) is 0 Å². The number of halogens is 1. The molecule has 5 heteroatoms. The smallest absolute Gasteiger partial charge is 0.224 e. The van der Waals surface area contributed by atoms with E-state index in [0.29, 0.717) is 5.95 Å². The summed E-state index contributed by atoms with van der Waals surface area (Å²) in [6, 6.07) is 0. The zero-order valence-corrected chi connectivity index (χ0v) is 13.2. The molecule has 1 aliphatic rings. The van der Waals surface area contributed by atoms with E-state index in [1.807, 2.05) is 6.20 Å². The van der Waals surface area contributed by atoms with Crippen LogP contribution in [0.15, 0.2) is 10.7 Å². The molecule has 0 amide bonds. The van der Waals surface area contributed by atoms with Crippen molar-refractivity contribution in [1.82, 2.24) is 9.97 Å². The van der Waals surface area contributed by atoms with Crippen LogP contribution in [0, 0.1) is 5.92 Å². The molecule has 0 spiro atoms. The molecule has 2 N–H and O–H groups in total. The molecule has 0 aliphatic heterocycles. The number of hydrogen-bond acceptors (Lipinski definition) is 4. The van der Waals surface area contributed by atoms with Gasteiger partial charge in [0.1, 0.15) is 5.82 Å². The molecule has 1 saturated carbocycles. The summed E-state index contributed by atoms with van der Waals surface area (Å²) in [5.41, 5.74) is 0. The Balaban J connectivity index is 1.90. The van der Waals surface area contributed by atoms with Crippen molar-refractivity contribution in [3.05, 3.63) is 10.7 Å². The lowest BCUT2D eigenvalue weighted by atomic mass is 9.89. The topological polar surface area (TPSA) is 49.8 Å². The van der Waals surface area contributed by atoms with Gasteiger partial charge >= 0.3 is 0 Å². The molecule has 1 aromatic rings. The van der Waals surface area contributed by atoms with Gasteiger partial charge in [-0.25, -0.2) is 4.98 Å². The molecule has 1 aliphatic carbocycles. The second kappa shape index (κ2) is 7.68. The summed E-state index contributed by atoms with van der Waals surface area (Å²) in [6.07, 6.45) is 9.73. The molecule has 1 heterocycles. The van der Waals surface area contributed by atoms with Gasteiger partial charge in [0.05, 0.1) is 4.47 Å². The molecule has 0 aromatic carbocycles. The fourth-order valence-electron chi connectivity index (χ4n) is 2.45. The number of aromatic nitrogens is 2. The third-order valence-electron chi connectivity index (χ3n) is 3.56. The summed E-state index contributed by atoms with van der Waals surface area (Å²) in [6.45, 7) is 4.06. The number of hydrogen-bond donors (Lipinski definition) is 2. The van der Waals surface area contributed by atoms with E-state index in [0.717, 1.165) is 35.7 Å². The van der Waals surface area contributed by atoms with Crippen molar-refractivity contribution in [1.29, 1.82) is 0 Å². The predicted molar refractivity (Wildman–Crippen MR) is 83.6 cm³/mol. The average Bonchev–Trinajstić information content (AvgIpc) is 2.46. The largest absolute Gasteiger partial charge is 0.369 e. The average molecular weight is 327 g/mol. The zero-order valence-electron chi connectivity index (χ0n) is 11.6. The lowest BCUT2D eigenvalue weighted by molar-refractivity contribution is 0.373. The fourth-order valence-corrected chi connectivity index (χ4v) is 2.78. The van der Waals surface area contributed by atoms with Crippen LogP contribution in [0.5, 0.6) is 0 Å². The predicted octanol–water partition coefficient (Wildman–Crippen LogP) is 4.05. The van der Waals surface area contributed by atoms with Crippen LogP contribution in [0.2, 0.25) is 0 Å². The second-order valence-electron chi connectivity index (χ2n) is 5.20. The van der Waals surface area contributed by atoms with Crippen LogP contribution in [0.25, 0.3) is 0 Å². The van der Waals surface area contributed by atoms with Gasteiger partial charge in [0.15, 0.2) is 0 Å². The van der Waals surface area contributed by atoms with Gasteiger partial charge in [0.25, 0.3) is 0 Å². The SMILES string of the molecule is CCCNc1ncc(Br)c(NCC2CCCCC2)n1. The Labute approximate surface area is 123 Å². The van der Waals surface area contributed by atoms with Gasteiger partial charge in [-0.3, -0.25) is 0 Å². The molecule has 0 atom stereocenters. The van der Waals surface area contributed by atoms with Crippen LogP contribution in [-0.4, -0.2) is 23.1 Å². The van der Waals surface area contributed by atoms with Crippen molar-refractivity contribution in [3.63, 3.8) is 0 Å². The van der Waals surface area contributed by atoms with Crippen molar-refractivity contribution >= 4 is 27.7 Å². The first-order chi connectivity index (χ1) is 9.29. The van der Waals surface area contributed by atoms with E-state index in [-0.39, 0.29) is 0 Å². The Morgan fingerprint density at radius 2 is 2.05 bits per heavy atom. The van der Waals surface area contributed by atoms with Crippen LogP contribution in [0.3, 0.4) is 0 Å². The third-order valence-corrected chi connectivity index (χ3v) is 4.14. The van der Waals surface area contributed by atoms with Gasteiger partial charge in [-0.05, 0) is 41.1 Å². The van der Waals surface area contributed by atoms with Crippen molar-refractivity contribution in [2.75, 3.05) is 23.7 Å². The van der Waals surface area contributed by atoms with Crippen LogP contribution < -0.4 is 10.6 Å². The lowest BCUT2D eigenvalue weighted by Gasteiger charge is -2.22. The van der Waals surface area contributed by atoms with Crippen LogP contribution in [0.4, 0.5) is 11.8 Å². The molecule has 1 fully saturated rings. The normalized spacial score (nSPS) is 16.3. The highest BCUT2D eigenvalue weighted by molar-refractivity contribution is 9.10. The minimum absolute atomic E-state index is 0.705. The quantitative estimate of drug-likeness (QED) is 0.827. The fraction of sp³-hybridized carbons (Fsp3) is 0.714. The standard InChI is InChI=1S/C14H23BrN4/c1-2-8-16-14-18-10-12(15)13(19-14)17-9-11-6-4-3-5-7-11/h10-11H,2-9H2,1H3,(H2,16,17,18,19). The first kappa shape index (κ1) is 14.6. The highest BCUT2D eigenvalue weighted by atomic mass is 79.9. The Morgan fingerprint density at radius 3 is 2.79 bits per heavy atom. The molecule has 19 heavy (non-hydrogen) atoms. The maximum atomic E-state index is 4.51. The zero-order chi connectivity index (χ0) is 13.5. The number of nitrogens with one attached hydrogen (secondary N) is 2. The molecule has 4 nitrogen and oxygen atoms in total. The highest BCUT2D eigenvalue weighted by Gasteiger charge is 2.14. The summed E-state index contributed by atoms with van der Waals surface area (Å²) >= 11 is 3.51. The van der Waals surface area contributed by atoms with E-state index < -0.39 is 0 Å². The molecule has 2 rings (SSSR count). The summed E-state index contributed by atoms with van der Waals surface area (Å²) in [5.74, 6) is 2.40. The molecule has 0 unspecified atom stereocenters. The van der Waals surface area contributed by atoms with Gasteiger partial charge in [-0.15, -0.1) is 0 Å². The van der Waals surface area contributed by atoms with Crippen LogP contribution >= 0.6 is 15.9 Å². The Bertz CT molecular complexity index is 391. The van der Waals surface area contributed by atoms with Crippen molar-refractivity contribution in [2.24, 2.45) is 5.92 Å². The van der Waals surface area contributed by atoms with E-state index in [1.165, 1.54) is 32.1 Å². The van der Waals surface area contributed by atoms with Crippen molar-refractivity contribution in [2.45, 2.75) is 45.4 Å². The van der Waals surface area contributed by atoms with Crippen LogP contribution in [-0.2, 0) is 0 Å². The summed E-state index contributed by atoms with van der Waals surface area (Å²) in [4.78, 5) is 8.78. The molecule has 106 valence electrons. The molecular weight excluding hydrogens is 304 g/mol. The van der Waals surface area contributed by atoms with Gasteiger partial charge in [0.2, 0.25) is 5.95 Å². The maximum Gasteiger partial charge on any atom is 0.224 e. The Hall–Kier alpha value is -0.840. The minimum Gasteiger partial charge on any atom is -0.369 e. The number of nitrogens with zero attached hydrogens (tertiary/aromatic N) is 2.